The van der Waals surface area contributed by atoms with Gasteiger partial charge in [-0.15, -0.1) is 0 Å². The minimum atomic E-state index is -0.315. The molecule has 0 atom stereocenters. The third-order valence-electron chi connectivity index (χ3n) is 2.11. The highest BCUT2D eigenvalue weighted by Gasteiger charge is 2.02. The lowest BCUT2D eigenvalue weighted by molar-refractivity contribution is 0.240. The van der Waals surface area contributed by atoms with Crippen LogP contribution in [-0.4, -0.2) is 31.6 Å². The minimum absolute atomic E-state index is 0.311. The van der Waals surface area contributed by atoms with Crippen molar-refractivity contribution in [3.05, 3.63) is 42.2 Å². The summed E-state index contributed by atoms with van der Waals surface area (Å²) in [5.41, 5.74) is 1.10. The maximum absolute atomic E-state index is 13.2. The first-order valence-electron chi connectivity index (χ1n) is 5.30. The number of benzene rings is 1. The van der Waals surface area contributed by atoms with Crippen molar-refractivity contribution in [2.75, 3.05) is 26.7 Å². The number of likely N-dealkylation sites (N-methyl/N-ethyl adjacent to an activating group) is 1. The molecule has 0 heterocycles. The molecule has 0 spiro atoms. The van der Waals surface area contributed by atoms with E-state index in [0.717, 1.165) is 18.7 Å². The van der Waals surface area contributed by atoms with E-state index in [1.54, 1.807) is 18.2 Å². The monoisotopic (exact) mass is 223 g/mol. The minimum Gasteiger partial charge on any atom is -0.489 e. The van der Waals surface area contributed by atoms with Crippen LogP contribution < -0.4 is 4.74 Å². The number of nitrogens with zero attached hydrogens (tertiary/aromatic N) is 1. The van der Waals surface area contributed by atoms with Crippen molar-refractivity contribution in [3.8, 4) is 5.75 Å². The Balaban J connectivity index is 2.30. The lowest BCUT2D eigenvalue weighted by Gasteiger charge is -2.16. The Morgan fingerprint density at radius 3 is 2.75 bits per heavy atom. The van der Waals surface area contributed by atoms with Crippen LogP contribution in [0.15, 0.2) is 36.4 Å². The third-order valence-corrected chi connectivity index (χ3v) is 2.11. The van der Waals surface area contributed by atoms with E-state index in [1.165, 1.54) is 6.07 Å². The van der Waals surface area contributed by atoms with E-state index in [9.17, 15) is 4.39 Å². The molecule has 1 aromatic rings. The molecule has 0 saturated carbocycles. The van der Waals surface area contributed by atoms with Crippen molar-refractivity contribution in [2.24, 2.45) is 0 Å². The van der Waals surface area contributed by atoms with Crippen molar-refractivity contribution >= 4 is 0 Å². The molecule has 0 N–H and O–H groups in total. The van der Waals surface area contributed by atoms with E-state index in [4.69, 9.17) is 4.74 Å². The van der Waals surface area contributed by atoms with Gasteiger partial charge in [0.1, 0.15) is 6.61 Å². The van der Waals surface area contributed by atoms with Gasteiger partial charge in [-0.05, 0) is 26.1 Å². The van der Waals surface area contributed by atoms with Crippen LogP contribution in [-0.2, 0) is 0 Å². The lowest BCUT2D eigenvalue weighted by Crippen LogP contribution is -2.25. The first-order valence-corrected chi connectivity index (χ1v) is 5.30. The van der Waals surface area contributed by atoms with Crippen molar-refractivity contribution in [3.63, 3.8) is 0 Å². The van der Waals surface area contributed by atoms with Crippen molar-refractivity contribution in [1.29, 1.82) is 0 Å². The second-order valence-corrected chi connectivity index (χ2v) is 3.97. The fourth-order valence-electron chi connectivity index (χ4n) is 1.41. The van der Waals surface area contributed by atoms with Gasteiger partial charge in [0.2, 0.25) is 0 Å². The smallest absolute Gasteiger partial charge is 0.165 e. The highest BCUT2D eigenvalue weighted by Crippen LogP contribution is 2.14. The number of para-hydroxylation sites is 1. The van der Waals surface area contributed by atoms with Crippen LogP contribution in [0.1, 0.15) is 6.92 Å². The Kier molecular flexibility index (Phi) is 4.99. The summed E-state index contributed by atoms with van der Waals surface area (Å²) in [7, 11) is 1.99. The topological polar surface area (TPSA) is 12.5 Å². The van der Waals surface area contributed by atoms with Gasteiger partial charge in [-0.25, -0.2) is 4.39 Å². The second-order valence-electron chi connectivity index (χ2n) is 3.97. The van der Waals surface area contributed by atoms with Gasteiger partial charge in [0.15, 0.2) is 11.6 Å². The fourth-order valence-corrected chi connectivity index (χ4v) is 1.41. The van der Waals surface area contributed by atoms with Crippen LogP contribution in [0.5, 0.6) is 5.75 Å². The number of halogens is 1. The predicted molar refractivity (Wildman–Crippen MR) is 64.2 cm³/mol. The van der Waals surface area contributed by atoms with Gasteiger partial charge >= 0.3 is 0 Å². The van der Waals surface area contributed by atoms with Gasteiger partial charge in [0.25, 0.3) is 0 Å². The summed E-state index contributed by atoms with van der Waals surface area (Å²) in [6.07, 6.45) is 0. The van der Waals surface area contributed by atoms with Gasteiger partial charge < -0.3 is 4.74 Å². The highest BCUT2D eigenvalue weighted by molar-refractivity contribution is 5.23. The Morgan fingerprint density at radius 2 is 2.12 bits per heavy atom. The van der Waals surface area contributed by atoms with E-state index in [1.807, 2.05) is 14.0 Å². The molecule has 3 heteroatoms. The Labute approximate surface area is 96.3 Å². The van der Waals surface area contributed by atoms with Gasteiger partial charge in [-0.1, -0.05) is 24.3 Å². The normalized spacial score (nSPS) is 10.5. The largest absolute Gasteiger partial charge is 0.489 e. The zero-order valence-corrected chi connectivity index (χ0v) is 9.87. The van der Waals surface area contributed by atoms with E-state index in [0.29, 0.717) is 12.4 Å². The van der Waals surface area contributed by atoms with E-state index in [-0.39, 0.29) is 5.82 Å². The van der Waals surface area contributed by atoms with Gasteiger partial charge in [-0.3, -0.25) is 4.90 Å². The molecule has 0 fully saturated rings. The first kappa shape index (κ1) is 12.7. The standard InChI is InChI=1S/C13H18FNO/c1-11(2)10-15(3)8-9-16-13-7-5-4-6-12(13)14/h4-7H,1,8-10H2,2-3H3. The maximum Gasteiger partial charge on any atom is 0.165 e. The Bertz CT molecular complexity index is 352. The lowest BCUT2D eigenvalue weighted by atomic mass is 10.3. The Morgan fingerprint density at radius 1 is 1.44 bits per heavy atom. The molecule has 0 bridgehead atoms. The SMILES string of the molecule is C=C(C)CN(C)CCOc1ccccc1F. The zero-order valence-electron chi connectivity index (χ0n) is 9.87. The molecule has 0 saturated heterocycles. The van der Waals surface area contributed by atoms with Crippen LogP contribution in [0, 0.1) is 5.82 Å². The summed E-state index contributed by atoms with van der Waals surface area (Å²) >= 11 is 0. The summed E-state index contributed by atoms with van der Waals surface area (Å²) in [5.74, 6) is -0.00345. The van der Waals surface area contributed by atoms with Crippen LogP contribution in [0.2, 0.25) is 0 Å². The number of hydrogen-bond donors (Lipinski definition) is 0. The molecular weight excluding hydrogens is 205 g/mol. The molecule has 1 rings (SSSR count). The number of hydrogen-bond acceptors (Lipinski definition) is 2. The quantitative estimate of drug-likeness (QED) is 0.687. The molecule has 1 aromatic carbocycles. The molecule has 2 nitrogen and oxygen atoms in total. The average molecular weight is 223 g/mol. The molecule has 0 aromatic heterocycles. The second kappa shape index (κ2) is 6.28. The summed E-state index contributed by atoms with van der Waals surface area (Å²) in [6, 6.07) is 6.44. The zero-order chi connectivity index (χ0) is 12.0. The van der Waals surface area contributed by atoms with E-state index in [2.05, 4.69) is 11.5 Å². The molecule has 0 unspecified atom stereocenters. The fraction of sp³-hybridized carbons (Fsp3) is 0.385. The van der Waals surface area contributed by atoms with E-state index < -0.39 is 0 Å². The maximum atomic E-state index is 13.2. The van der Waals surface area contributed by atoms with Gasteiger partial charge in [0.05, 0.1) is 0 Å². The summed E-state index contributed by atoms with van der Waals surface area (Å²) in [6.45, 7) is 7.88. The Hall–Kier alpha value is -1.35. The van der Waals surface area contributed by atoms with Gasteiger partial charge in [-0.2, -0.15) is 0 Å². The van der Waals surface area contributed by atoms with Crippen molar-refractivity contribution < 1.29 is 9.13 Å². The average Bonchev–Trinajstić information content (AvgIpc) is 2.19. The summed E-state index contributed by atoms with van der Waals surface area (Å²) < 4.78 is 18.5. The molecule has 16 heavy (non-hydrogen) atoms. The molecule has 0 aliphatic rings. The summed E-state index contributed by atoms with van der Waals surface area (Å²) in [4.78, 5) is 2.09. The van der Waals surface area contributed by atoms with E-state index >= 15 is 0 Å². The highest BCUT2D eigenvalue weighted by atomic mass is 19.1. The third kappa shape index (κ3) is 4.45. The van der Waals surface area contributed by atoms with Crippen LogP contribution in [0.3, 0.4) is 0 Å². The van der Waals surface area contributed by atoms with Crippen molar-refractivity contribution in [2.45, 2.75) is 6.92 Å². The van der Waals surface area contributed by atoms with Crippen LogP contribution in [0.4, 0.5) is 4.39 Å². The van der Waals surface area contributed by atoms with Crippen molar-refractivity contribution in [1.82, 2.24) is 4.90 Å². The number of rotatable bonds is 6. The molecule has 0 amide bonds. The predicted octanol–water partition coefficient (Wildman–Crippen LogP) is 2.71. The first-order chi connectivity index (χ1) is 7.59. The molecule has 88 valence electrons. The number of ether oxygens (including phenoxy) is 1. The molecular formula is C13H18FNO. The summed E-state index contributed by atoms with van der Waals surface area (Å²) in [5, 5.41) is 0. The molecule has 0 aliphatic carbocycles. The van der Waals surface area contributed by atoms with Gasteiger partial charge in [0, 0.05) is 13.1 Å². The molecule has 0 aliphatic heterocycles. The molecule has 0 radical (unpaired) electrons. The van der Waals surface area contributed by atoms with Crippen LogP contribution in [0.25, 0.3) is 0 Å². The van der Waals surface area contributed by atoms with Crippen LogP contribution >= 0.6 is 0 Å².